The van der Waals surface area contributed by atoms with Crippen LogP contribution in [0.2, 0.25) is 0 Å². The Labute approximate surface area is 114 Å². The summed E-state index contributed by atoms with van der Waals surface area (Å²) in [4.78, 5) is 0. The minimum atomic E-state index is 0.480. The highest BCUT2D eigenvalue weighted by atomic mass is 16.3. The molecule has 0 atom stereocenters. The molecular weight excluding hydrogens is 238 g/mol. The van der Waals surface area contributed by atoms with Crippen LogP contribution in [-0.4, -0.2) is 15.8 Å². The maximum Gasteiger partial charge on any atom is 0.125 e. The molecule has 104 valence electrons. The molecule has 0 spiro atoms. The van der Waals surface area contributed by atoms with Crippen LogP contribution in [0.25, 0.3) is 0 Å². The molecule has 0 saturated carbocycles. The third-order valence-corrected chi connectivity index (χ3v) is 3.18. The summed E-state index contributed by atoms with van der Waals surface area (Å²) in [5.74, 6) is 1.95. The lowest BCUT2D eigenvalue weighted by Crippen LogP contribution is -2.21. The lowest BCUT2D eigenvalue weighted by molar-refractivity contribution is 0.452. The van der Waals surface area contributed by atoms with Gasteiger partial charge in [0.15, 0.2) is 0 Å². The molecule has 0 amide bonds. The molecule has 0 radical (unpaired) electrons. The maximum atomic E-state index is 5.81. The Balaban J connectivity index is 2.09. The number of hydrogen-bond acceptors (Lipinski definition) is 3. The minimum Gasteiger partial charge on any atom is -0.464 e. The molecule has 0 aliphatic carbocycles. The molecule has 0 aliphatic rings. The molecule has 2 aromatic rings. The van der Waals surface area contributed by atoms with Gasteiger partial charge in [0.25, 0.3) is 0 Å². The second-order valence-electron chi connectivity index (χ2n) is 5.41. The largest absolute Gasteiger partial charge is 0.464 e. The zero-order valence-electron chi connectivity index (χ0n) is 12.4. The Morgan fingerprint density at radius 3 is 2.58 bits per heavy atom. The van der Waals surface area contributed by atoms with Crippen LogP contribution in [0.3, 0.4) is 0 Å². The lowest BCUT2D eigenvalue weighted by Gasteiger charge is -2.06. The van der Waals surface area contributed by atoms with E-state index in [0.717, 1.165) is 29.5 Å². The number of furan rings is 1. The predicted octanol–water partition coefficient (Wildman–Crippen LogP) is 2.95. The smallest absolute Gasteiger partial charge is 0.125 e. The average molecular weight is 261 g/mol. The molecule has 2 aromatic heterocycles. The molecule has 0 fully saturated rings. The van der Waals surface area contributed by atoms with Gasteiger partial charge in [-0.1, -0.05) is 13.8 Å². The fourth-order valence-electron chi connectivity index (χ4n) is 2.14. The maximum absolute atomic E-state index is 5.81. The van der Waals surface area contributed by atoms with Gasteiger partial charge in [-0.25, -0.2) is 0 Å². The molecule has 0 bridgehead atoms. The van der Waals surface area contributed by atoms with Crippen molar-refractivity contribution >= 4 is 0 Å². The van der Waals surface area contributed by atoms with Crippen molar-refractivity contribution in [2.45, 2.75) is 53.8 Å². The lowest BCUT2D eigenvalue weighted by atomic mass is 10.2. The van der Waals surface area contributed by atoms with E-state index in [2.05, 4.69) is 43.3 Å². The van der Waals surface area contributed by atoms with Gasteiger partial charge in [0.1, 0.15) is 11.5 Å². The van der Waals surface area contributed by atoms with Crippen LogP contribution < -0.4 is 5.32 Å². The van der Waals surface area contributed by atoms with E-state index < -0.39 is 0 Å². The SMILES string of the molecule is Cc1cc(C)n(Cc2cc(CNC(C)C)c(C)o2)n1. The van der Waals surface area contributed by atoms with Crippen molar-refractivity contribution in [2.75, 3.05) is 0 Å². The summed E-state index contributed by atoms with van der Waals surface area (Å²) in [6.45, 7) is 11.9. The van der Waals surface area contributed by atoms with Crippen molar-refractivity contribution < 1.29 is 4.42 Å². The van der Waals surface area contributed by atoms with Crippen LogP contribution in [0, 0.1) is 20.8 Å². The zero-order valence-corrected chi connectivity index (χ0v) is 12.4. The molecule has 2 rings (SSSR count). The number of rotatable bonds is 5. The van der Waals surface area contributed by atoms with Gasteiger partial charge in [0.2, 0.25) is 0 Å². The molecular formula is C15H23N3O. The first-order valence-electron chi connectivity index (χ1n) is 6.78. The summed E-state index contributed by atoms with van der Waals surface area (Å²) < 4.78 is 7.79. The van der Waals surface area contributed by atoms with E-state index in [1.54, 1.807) is 0 Å². The molecule has 4 heteroatoms. The van der Waals surface area contributed by atoms with Crippen LogP contribution in [-0.2, 0) is 13.1 Å². The van der Waals surface area contributed by atoms with E-state index in [0.29, 0.717) is 12.6 Å². The van der Waals surface area contributed by atoms with Gasteiger partial charge in [-0.2, -0.15) is 5.10 Å². The average Bonchev–Trinajstić information content (AvgIpc) is 2.80. The third-order valence-electron chi connectivity index (χ3n) is 3.18. The fourth-order valence-corrected chi connectivity index (χ4v) is 2.14. The van der Waals surface area contributed by atoms with Crippen LogP contribution in [0.4, 0.5) is 0 Å². The van der Waals surface area contributed by atoms with Gasteiger partial charge in [-0.15, -0.1) is 0 Å². The number of aromatic nitrogens is 2. The number of hydrogen-bond donors (Lipinski definition) is 1. The van der Waals surface area contributed by atoms with Crippen molar-refractivity contribution in [3.8, 4) is 0 Å². The first kappa shape index (κ1) is 13.9. The summed E-state index contributed by atoms with van der Waals surface area (Å²) >= 11 is 0. The van der Waals surface area contributed by atoms with E-state index in [9.17, 15) is 0 Å². The minimum absolute atomic E-state index is 0.480. The first-order chi connectivity index (χ1) is 8.95. The van der Waals surface area contributed by atoms with E-state index in [4.69, 9.17) is 4.42 Å². The van der Waals surface area contributed by atoms with Crippen LogP contribution in [0.1, 0.15) is 42.3 Å². The second kappa shape index (κ2) is 5.61. The fraction of sp³-hybridized carbons (Fsp3) is 0.533. The molecule has 2 heterocycles. The Bertz CT molecular complexity index is 552. The van der Waals surface area contributed by atoms with Crippen LogP contribution in [0.5, 0.6) is 0 Å². The normalized spacial score (nSPS) is 11.5. The topological polar surface area (TPSA) is 43.0 Å². The number of nitrogens with one attached hydrogen (secondary N) is 1. The van der Waals surface area contributed by atoms with E-state index >= 15 is 0 Å². The highest BCUT2D eigenvalue weighted by Crippen LogP contribution is 2.16. The summed E-state index contributed by atoms with van der Waals surface area (Å²) in [6.07, 6.45) is 0. The molecule has 4 nitrogen and oxygen atoms in total. The van der Waals surface area contributed by atoms with Crippen molar-refractivity contribution in [3.63, 3.8) is 0 Å². The second-order valence-corrected chi connectivity index (χ2v) is 5.41. The van der Waals surface area contributed by atoms with E-state index in [-0.39, 0.29) is 0 Å². The Kier molecular flexibility index (Phi) is 4.10. The van der Waals surface area contributed by atoms with Crippen LogP contribution in [0.15, 0.2) is 16.5 Å². The summed E-state index contributed by atoms with van der Waals surface area (Å²) in [5, 5.41) is 7.87. The summed E-state index contributed by atoms with van der Waals surface area (Å²) in [6, 6.07) is 4.69. The summed E-state index contributed by atoms with van der Waals surface area (Å²) in [7, 11) is 0. The molecule has 0 unspecified atom stereocenters. The van der Waals surface area contributed by atoms with Gasteiger partial charge in [0, 0.05) is 23.8 Å². The van der Waals surface area contributed by atoms with Crippen molar-refractivity contribution in [3.05, 3.63) is 40.6 Å². The zero-order chi connectivity index (χ0) is 14.0. The van der Waals surface area contributed by atoms with Gasteiger partial charge in [-0.3, -0.25) is 4.68 Å². The first-order valence-corrected chi connectivity index (χ1v) is 6.78. The highest BCUT2D eigenvalue weighted by molar-refractivity contribution is 5.21. The van der Waals surface area contributed by atoms with E-state index in [1.807, 2.05) is 18.5 Å². The van der Waals surface area contributed by atoms with Gasteiger partial charge in [0.05, 0.1) is 12.2 Å². The van der Waals surface area contributed by atoms with Gasteiger partial charge >= 0.3 is 0 Å². The Hall–Kier alpha value is -1.55. The van der Waals surface area contributed by atoms with E-state index in [1.165, 1.54) is 5.56 Å². The van der Waals surface area contributed by atoms with Crippen molar-refractivity contribution in [2.24, 2.45) is 0 Å². The molecule has 19 heavy (non-hydrogen) atoms. The number of nitrogens with zero attached hydrogens (tertiary/aromatic N) is 2. The monoisotopic (exact) mass is 261 g/mol. The molecule has 0 saturated heterocycles. The Morgan fingerprint density at radius 1 is 1.26 bits per heavy atom. The Morgan fingerprint density at radius 2 is 2.00 bits per heavy atom. The third kappa shape index (κ3) is 3.47. The number of aryl methyl sites for hydroxylation is 3. The molecule has 1 N–H and O–H groups in total. The van der Waals surface area contributed by atoms with Gasteiger partial charge < -0.3 is 9.73 Å². The predicted molar refractivity (Wildman–Crippen MR) is 76.2 cm³/mol. The van der Waals surface area contributed by atoms with Crippen LogP contribution >= 0.6 is 0 Å². The van der Waals surface area contributed by atoms with Gasteiger partial charge in [-0.05, 0) is 32.9 Å². The standard InChI is InChI=1S/C15H23N3O/c1-10(2)16-8-14-7-15(19-13(14)5)9-18-12(4)6-11(3)17-18/h6-7,10,16H,8-9H2,1-5H3. The summed E-state index contributed by atoms with van der Waals surface area (Å²) in [5.41, 5.74) is 3.43. The molecule has 0 aromatic carbocycles. The van der Waals surface area contributed by atoms with Crippen molar-refractivity contribution in [1.29, 1.82) is 0 Å². The van der Waals surface area contributed by atoms with Crippen molar-refractivity contribution in [1.82, 2.24) is 15.1 Å². The highest BCUT2D eigenvalue weighted by Gasteiger charge is 2.10. The quantitative estimate of drug-likeness (QED) is 0.900. The molecule has 0 aliphatic heterocycles.